The largest absolute Gasteiger partial charge is 0.494 e. The summed E-state index contributed by atoms with van der Waals surface area (Å²) in [7, 11) is 0. The zero-order valence-electron chi connectivity index (χ0n) is 13.5. The Bertz CT molecular complexity index is 514. The predicted octanol–water partition coefficient (Wildman–Crippen LogP) is 4.28. The fraction of sp³-hybridized carbons (Fsp3) is 0.529. The quantitative estimate of drug-likeness (QED) is 0.380. The normalized spacial score (nSPS) is 12.5. The number of halogens is 3. The first-order valence-electron chi connectivity index (χ1n) is 7.85. The Kier molecular flexibility index (Phi) is 8.29. The minimum atomic E-state index is -5.17. The van der Waals surface area contributed by atoms with Crippen LogP contribution in [-0.4, -0.2) is 24.7 Å². The van der Waals surface area contributed by atoms with Crippen molar-refractivity contribution in [2.24, 2.45) is 5.92 Å². The summed E-state index contributed by atoms with van der Waals surface area (Å²) in [5, 5.41) is 0. The van der Waals surface area contributed by atoms with Crippen molar-refractivity contribution in [1.82, 2.24) is 0 Å². The van der Waals surface area contributed by atoms with Gasteiger partial charge in [-0.05, 0) is 31.4 Å². The number of carbonyl (C=O) groups excluding carboxylic acids is 2. The Morgan fingerprint density at radius 3 is 2.29 bits per heavy atom. The average molecular weight is 346 g/mol. The van der Waals surface area contributed by atoms with Crippen LogP contribution in [0.1, 0.15) is 39.0 Å². The first-order chi connectivity index (χ1) is 11.3. The highest BCUT2D eigenvalue weighted by Gasteiger charge is 2.43. The highest BCUT2D eigenvalue weighted by molar-refractivity contribution is 5.89. The van der Waals surface area contributed by atoms with Crippen molar-refractivity contribution in [2.75, 3.05) is 6.61 Å². The van der Waals surface area contributed by atoms with Gasteiger partial charge in [0.1, 0.15) is 5.75 Å². The third kappa shape index (κ3) is 7.48. The van der Waals surface area contributed by atoms with Crippen LogP contribution in [0.5, 0.6) is 5.75 Å². The van der Waals surface area contributed by atoms with Gasteiger partial charge in [-0.25, -0.2) is 4.79 Å². The molecular weight excluding hydrogens is 325 g/mol. The number of unbranched alkanes of at least 4 members (excludes halogenated alkanes) is 1. The van der Waals surface area contributed by atoms with Crippen LogP contribution in [-0.2, 0) is 14.3 Å². The van der Waals surface area contributed by atoms with Gasteiger partial charge in [-0.1, -0.05) is 38.0 Å². The molecule has 134 valence electrons. The summed E-state index contributed by atoms with van der Waals surface area (Å²) in [4.78, 5) is 22.6. The Hall–Kier alpha value is -2.05. The van der Waals surface area contributed by atoms with Gasteiger partial charge in [-0.2, -0.15) is 13.2 Å². The second-order valence-corrected chi connectivity index (χ2v) is 5.35. The molecule has 0 radical (unpaired) electrons. The van der Waals surface area contributed by atoms with Gasteiger partial charge in [0.05, 0.1) is 12.5 Å². The van der Waals surface area contributed by atoms with Gasteiger partial charge in [-0.15, -0.1) is 0 Å². The molecule has 1 aromatic rings. The van der Waals surface area contributed by atoms with Crippen molar-refractivity contribution in [3.05, 3.63) is 30.3 Å². The number of carbonyl (C=O) groups is 2. The SMILES string of the molecule is CCCCC(CCCOc1ccccc1)C(=O)OC(=O)C(F)(F)F. The van der Waals surface area contributed by atoms with Gasteiger partial charge in [0.15, 0.2) is 0 Å². The van der Waals surface area contributed by atoms with Crippen LogP contribution in [0.25, 0.3) is 0 Å². The van der Waals surface area contributed by atoms with Crippen LogP contribution < -0.4 is 4.74 Å². The van der Waals surface area contributed by atoms with Crippen LogP contribution in [0.2, 0.25) is 0 Å². The maximum atomic E-state index is 12.2. The van der Waals surface area contributed by atoms with Crippen molar-refractivity contribution < 1.29 is 32.2 Å². The van der Waals surface area contributed by atoms with Crippen LogP contribution in [0.15, 0.2) is 30.3 Å². The topological polar surface area (TPSA) is 52.6 Å². The molecule has 0 saturated carbocycles. The van der Waals surface area contributed by atoms with Crippen molar-refractivity contribution in [3.63, 3.8) is 0 Å². The van der Waals surface area contributed by atoms with Gasteiger partial charge >= 0.3 is 18.1 Å². The van der Waals surface area contributed by atoms with Crippen LogP contribution in [0.4, 0.5) is 13.2 Å². The van der Waals surface area contributed by atoms with Gasteiger partial charge < -0.3 is 9.47 Å². The molecule has 0 amide bonds. The molecule has 1 rings (SSSR count). The third-order valence-corrected chi connectivity index (χ3v) is 3.37. The summed E-state index contributed by atoms with van der Waals surface area (Å²) >= 11 is 0. The van der Waals surface area contributed by atoms with E-state index in [1.54, 1.807) is 12.1 Å². The molecule has 0 fully saturated rings. The predicted molar refractivity (Wildman–Crippen MR) is 81.3 cm³/mol. The lowest BCUT2D eigenvalue weighted by molar-refractivity contribution is -0.203. The first kappa shape index (κ1) is 20.0. The summed E-state index contributed by atoms with van der Waals surface area (Å²) in [5.41, 5.74) is 0. The lowest BCUT2D eigenvalue weighted by atomic mass is 9.97. The number of benzene rings is 1. The first-order valence-corrected chi connectivity index (χ1v) is 7.85. The maximum Gasteiger partial charge on any atom is 0.491 e. The number of esters is 2. The summed E-state index contributed by atoms with van der Waals surface area (Å²) in [6, 6.07) is 9.05. The molecule has 0 aliphatic rings. The molecule has 0 heterocycles. The standard InChI is InChI=1S/C17H21F3O4/c1-2-3-8-13(15(21)24-16(22)17(18,19)20)9-7-12-23-14-10-5-4-6-11-14/h4-6,10-11,13H,2-3,7-9,12H2,1H3. The van der Waals surface area contributed by atoms with Crippen LogP contribution >= 0.6 is 0 Å². The van der Waals surface area contributed by atoms with E-state index in [0.29, 0.717) is 38.0 Å². The Balaban J connectivity index is 2.46. The molecule has 0 aromatic heterocycles. The summed E-state index contributed by atoms with van der Waals surface area (Å²) in [6.07, 6.45) is -2.56. The monoisotopic (exact) mass is 346 g/mol. The Morgan fingerprint density at radius 1 is 1.08 bits per heavy atom. The van der Waals surface area contributed by atoms with Gasteiger partial charge in [-0.3, -0.25) is 4.79 Å². The van der Waals surface area contributed by atoms with Gasteiger partial charge in [0, 0.05) is 0 Å². The van der Waals surface area contributed by atoms with E-state index in [0.717, 1.165) is 6.42 Å². The lowest BCUT2D eigenvalue weighted by Crippen LogP contribution is -2.31. The molecular formula is C17H21F3O4. The third-order valence-electron chi connectivity index (χ3n) is 3.37. The molecule has 0 N–H and O–H groups in total. The number of alkyl halides is 3. The lowest BCUT2D eigenvalue weighted by Gasteiger charge is -2.15. The van der Waals surface area contributed by atoms with Gasteiger partial charge in [0.25, 0.3) is 0 Å². The minimum absolute atomic E-state index is 0.302. The van der Waals surface area contributed by atoms with E-state index in [-0.39, 0.29) is 0 Å². The van der Waals surface area contributed by atoms with Gasteiger partial charge in [0.2, 0.25) is 0 Å². The average Bonchev–Trinajstić information content (AvgIpc) is 2.54. The highest BCUT2D eigenvalue weighted by atomic mass is 19.4. The van der Waals surface area contributed by atoms with Crippen LogP contribution in [0.3, 0.4) is 0 Å². The molecule has 7 heteroatoms. The highest BCUT2D eigenvalue weighted by Crippen LogP contribution is 2.21. The molecule has 0 aliphatic heterocycles. The van der Waals surface area contributed by atoms with E-state index >= 15 is 0 Å². The number of hydrogen-bond acceptors (Lipinski definition) is 4. The molecule has 1 atom stereocenters. The molecule has 0 spiro atoms. The van der Waals surface area contributed by atoms with Crippen molar-refractivity contribution >= 4 is 11.9 Å². The number of para-hydroxylation sites is 1. The van der Waals surface area contributed by atoms with E-state index in [4.69, 9.17) is 4.74 Å². The molecule has 1 aromatic carbocycles. The van der Waals surface area contributed by atoms with Crippen molar-refractivity contribution in [2.45, 2.75) is 45.2 Å². The Labute approximate surface area is 138 Å². The smallest absolute Gasteiger partial charge is 0.491 e. The fourth-order valence-corrected chi connectivity index (χ4v) is 2.10. The number of hydrogen-bond donors (Lipinski definition) is 0. The zero-order chi connectivity index (χ0) is 18.0. The van der Waals surface area contributed by atoms with Crippen LogP contribution in [0, 0.1) is 5.92 Å². The molecule has 0 aliphatic carbocycles. The molecule has 0 saturated heterocycles. The minimum Gasteiger partial charge on any atom is -0.494 e. The van der Waals surface area contributed by atoms with E-state index < -0.39 is 24.0 Å². The van der Waals surface area contributed by atoms with Crippen molar-refractivity contribution in [3.8, 4) is 5.75 Å². The fourth-order valence-electron chi connectivity index (χ4n) is 2.10. The second-order valence-electron chi connectivity index (χ2n) is 5.35. The van der Waals surface area contributed by atoms with E-state index in [9.17, 15) is 22.8 Å². The Morgan fingerprint density at radius 2 is 1.71 bits per heavy atom. The van der Waals surface area contributed by atoms with E-state index in [1.807, 2.05) is 25.1 Å². The molecule has 1 unspecified atom stereocenters. The summed E-state index contributed by atoms with van der Waals surface area (Å²) in [5.74, 6) is -3.65. The zero-order valence-corrected chi connectivity index (χ0v) is 13.5. The van der Waals surface area contributed by atoms with Crippen molar-refractivity contribution in [1.29, 1.82) is 0 Å². The second kappa shape index (κ2) is 9.95. The molecule has 4 nitrogen and oxygen atoms in total. The van der Waals surface area contributed by atoms with E-state index in [2.05, 4.69) is 4.74 Å². The summed E-state index contributed by atoms with van der Waals surface area (Å²) in [6.45, 7) is 2.23. The number of rotatable bonds is 9. The molecule has 0 bridgehead atoms. The maximum absolute atomic E-state index is 12.2. The molecule has 24 heavy (non-hydrogen) atoms. The number of ether oxygens (including phenoxy) is 2. The summed E-state index contributed by atoms with van der Waals surface area (Å²) < 4.78 is 45.9. The van der Waals surface area contributed by atoms with E-state index in [1.165, 1.54) is 0 Å².